The number of hydrogen-bond donors (Lipinski definition) is 3. The summed E-state index contributed by atoms with van der Waals surface area (Å²) in [6, 6.07) is 2.32. The van der Waals surface area contributed by atoms with Crippen molar-refractivity contribution >= 4 is 11.9 Å². The Morgan fingerprint density at radius 2 is 2.12 bits per heavy atom. The van der Waals surface area contributed by atoms with E-state index in [9.17, 15) is 9.59 Å². The number of nitrogens with zero attached hydrogens (tertiary/aromatic N) is 1. The lowest BCUT2D eigenvalue weighted by molar-refractivity contribution is -0.121. The van der Waals surface area contributed by atoms with E-state index < -0.39 is 18.0 Å². The summed E-state index contributed by atoms with van der Waals surface area (Å²) in [6.07, 6.45) is 3.40. The van der Waals surface area contributed by atoms with Crippen LogP contribution in [0, 0.1) is 0 Å². The van der Waals surface area contributed by atoms with Crippen LogP contribution in [-0.4, -0.2) is 23.0 Å². The SMILES string of the molecule is CC(N[C@H](C)c1cccnc1)C(=O)NC(N)=O. The molecule has 17 heavy (non-hydrogen) atoms. The monoisotopic (exact) mass is 236 g/mol. The van der Waals surface area contributed by atoms with Gasteiger partial charge in [-0.1, -0.05) is 6.07 Å². The molecule has 0 spiro atoms. The molecule has 4 N–H and O–H groups in total. The molecule has 0 bridgehead atoms. The number of carbonyl (C=O) groups excluding carboxylic acids is 2. The predicted molar refractivity (Wildman–Crippen MR) is 63.0 cm³/mol. The number of aromatic nitrogens is 1. The van der Waals surface area contributed by atoms with Crippen LogP contribution in [0.1, 0.15) is 25.5 Å². The van der Waals surface area contributed by atoms with E-state index in [4.69, 9.17) is 5.73 Å². The van der Waals surface area contributed by atoms with Gasteiger partial charge < -0.3 is 5.73 Å². The lowest BCUT2D eigenvalue weighted by Gasteiger charge is -2.18. The van der Waals surface area contributed by atoms with E-state index in [2.05, 4.69) is 10.3 Å². The highest BCUT2D eigenvalue weighted by Gasteiger charge is 2.17. The van der Waals surface area contributed by atoms with E-state index in [1.54, 1.807) is 19.3 Å². The number of carbonyl (C=O) groups is 2. The third kappa shape index (κ3) is 4.20. The van der Waals surface area contributed by atoms with Crippen molar-refractivity contribution < 1.29 is 9.59 Å². The van der Waals surface area contributed by atoms with Gasteiger partial charge in [0.25, 0.3) is 0 Å². The second-order valence-corrected chi connectivity index (χ2v) is 3.75. The van der Waals surface area contributed by atoms with Gasteiger partial charge in [-0.3, -0.25) is 20.4 Å². The van der Waals surface area contributed by atoms with Gasteiger partial charge in [-0.15, -0.1) is 0 Å². The predicted octanol–water partition coefficient (Wildman–Crippen LogP) is 0.316. The highest BCUT2D eigenvalue weighted by molar-refractivity contribution is 5.96. The summed E-state index contributed by atoms with van der Waals surface area (Å²) in [7, 11) is 0. The molecule has 0 radical (unpaired) electrons. The van der Waals surface area contributed by atoms with Crippen LogP contribution in [-0.2, 0) is 4.79 Å². The third-order valence-electron chi connectivity index (χ3n) is 2.32. The summed E-state index contributed by atoms with van der Waals surface area (Å²) in [4.78, 5) is 25.9. The number of primary amides is 1. The zero-order chi connectivity index (χ0) is 12.8. The van der Waals surface area contributed by atoms with Crippen LogP contribution in [0.2, 0.25) is 0 Å². The second kappa shape index (κ2) is 5.95. The first kappa shape index (κ1) is 13.1. The summed E-state index contributed by atoms with van der Waals surface area (Å²) in [5.74, 6) is -0.451. The maximum atomic E-state index is 11.4. The van der Waals surface area contributed by atoms with Crippen LogP contribution in [0.4, 0.5) is 4.79 Å². The van der Waals surface area contributed by atoms with Gasteiger partial charge in [0.05, 0.1) is 6.04 Å². The topological polar surface area (TPSA) is 97.1 Å². The molecule has 0 aliphatic carbocycles. The van der Waals surface area contributed by atoms with Gasteiger partial charge in [0.1, 0.15) is 0 Å². The third-order valence-corrected chi connectivity index (χ3v) is 2.32. The standard InChI is InChI=1S/C11H16N4O2/c1-7(9-4-3-5-13-6-9)14-8(2)10(16)15-11(12)17/h3-8,14H,1-2H3,(H3,12,15,16,17)/t7-,8?/m1/s1. The van der Waals surface area contributed by atoms with E-state index in [1.165, 1.54) is 0 Å². The zero-order valence-electron chi connectivity index (χ0n) is 9.81. The lowest BCUT2D eigenvalue weighted by atomic mass is 10.1. The zero-order valence-corrected chi connectivity index (χ0v) is 9.81. The lowest BCUT2D eigenvalue weighted by Crippen LogP contribution is -2.47. The first-order valence-electron chi connectivity index (χ1n) is 5.27. The number of hydrogen-bond acceptors (Lipinski definition) is 4. The summed E-state index contributed by atoms with van der Waals surface area (Å²) in [5.41, 5.74) is 5.83. The number of imide groups is 1. The Balaban J connectivity index is 2.54. The van der Waals surface area contributed by atoms with Gasteiger partial charge in [-0.05, 0) is 25.5 Å². The second-order valence-electron chi connectivity index (χ2n) is 3.75. The molecule has 0 aliphatic rings. The summed E-state index contributed by atoms with van der Waals surface area (Å²) < 4.78 is 0. The maximum Gasteiger partial charge on any atom is 0.318 e. The van der Waals surface area contributed by atoms with Crippen LogP contribution in [0.5, 0.6) is 0 Å². The number of rotatable bonds is 4. The Morgan fingerprint density at radius 3 is 2.65 bits per heavy atom. The molecule has 1 aromatic heterocycles. The Labute approximate surface area is 99.6 Å². The minimum Gasteiger partial charge on any atom is -0.351 e. The average molecular weight is 236 g/mol. The highest BCUT2D eigenvalue weighted by atomic mass is 16.2. The van der Waals surface area contributed by atoms with Crippen molar-refractivity contribution in [2.24, 2.45) is 5.73 Å². The smallest absolute Gasteiger partial charge is 0.318 e. The largest absolute Gasteiger partial charge is 0.351 e. The molecule has 1 rings (SSSR count). The van der Waals surface area contributed by atoms with Crippen molar-refractivity contribution in [2.45, 2.75) is 25.9 Å². The van der Waals surface area contributed by atoms with Crippen LogP contribution in [0.3, 0.4) is 0 Å². The van der Waals surface area contributed by atoms with Crippen molar-refractivity contribution in [1.29, 1.82) is 0 Å². The van der Waals surface area contributed by atoms with E-state index in [0.29, 0.717) is 0 Å². The van der Waals surface area contributed by atoms with Crippen molar-refractivity contribution in [3.05, 3.63) is 30.1 Å². The number of amides is 3. The summed E-state index contributed by atoms with van der Waals surface area (Å²) >= 11 is 0. The van der Waals surface area contributed by atoms with Crippen LogP contribution >= 0.6 is 0 Å². The highest BCUT2D eigenvalue weighted by Crippen LogP contribution is 2.10. The minimum atomic E-state index is -0.849. The normalized spacial score (nSPS) is 13.8. The van der Waals surface area contributed by atoms with Gasteiger partial charge in [0.15, 0.2) is 0 Å². The average Bonchev–Trinajstić information content (AvgIpc) is 2.29. The van der Waals surface area contributed by atoms with Crippen molar-refractivity contribution in [3.8, 4) is 0 Å². The minimum absolute atomic E-state index is 0.0441. The molecule has 1 unspecified atom stereocenters. The molecular weight excluding hydrogens is 220 g/mol. The fourth-order valence-corrected chi connectivity index (χ4v) is 1.41. The van der Waals surface area contributed by atoms with Gasteiger partial charge in [-0.2, -0.15) is 0 Å². The molecule has 0 saturated heterocycles. The summed E-state index contributed by atoms with van der Waals surface area (Å²) in [5, 5.41) is 5.06. The van der Waals surface area contributed by atoms with Crippen molar-refractivity contribution in [2.75, 3.05) is 0 Å². The molecule has 0 aliphatic heterocycles. The molecular formula is C11H16N4O2. The molecule has 0 saturated carbocycles. The maximum absolute atomic E-state index is 11.4. The molecule has 2 atom stereocenters. The molecule has 92 valence electrons. The van der Waals surface area contributed by atoms with Gasteiger partial charge in [-0.25, -0.2) is 4.79 Å². The van der Waals surface area contributed by atoms with Gasteiger partial charge >= 0.3 is 6.03 Å². The molecule has 0 aromatic carbocycles. The van der Waals surface area contributed by atoms with E-state index >= 15 is 0 Å². The fourth-order valence-electron chi connectivity index (χ4n) is 1.41. The molecule has 1 aromatic rings. The van der Waals surface area contributed by atoms with Crippen LogP contribution in [0.25, 0.3) is 0 Å². The Morgan fingerprint density at radius 1 is 1.41 bits per heavy atom. The van der Waals surface area contributed by atoms with E-state index in [-0.39, 0.29) is 6.04 Å². The van der Waals surface area contributed by atoms with Crippen molar-refractivity contribution in [1.82, 2.24) is 15.6 Å². The first-order chi connectivity index (χ1) is 8.00. The number of nitrogens with one attached hydrogen (secondary N) is 2. The molecule has 6 heteroatoms. The quantitative estimate of drug-likeness (QED) is 0.701. The molecule has 6 nitrogen and oxygen atoms in total. The number of pyridine rings is 1. The number of nitrogens with two attached hydrogens (primary N) is 1. The summed E-state index contributed by atoms with van der Waals surface area (Å²) in [6.45, 7) is 3.57. The molecule has 1 heterocycles. The van der Waals surface area contributed by atoms with Crippen LogP contribution in [0.15, 0.2) is 24.5 Å². The van der Waals surface area contributed by atoms with Gasteiger partial charge in [0.2, 0.25) is 5.91 Å². The molecule has 0 fully saturated rings. The molecule has 3 amide bonds. The number of urea groups is 1. The first-order valence-corrected chi connectivity index (χ1v) is 5.27. The van der Waals surface area contributed by atoms with Gasteiger partial charge in [0, 0.05) is 18.4 Å². The van der Waals surface area contributed by atoms with E-state index in [0.717, 1.165) is 5.56 Å². The van der Waals surface area contributed by atoms with E-state index in [1.807, 2.05) is 24.4 Å². The Kier molecular flexibility index (Phi) is 4.59. The van der Waals surface area contributed by atoms with Crippen LogP contribution < -0.4 is 16.4 Å². The Hall–Kier alpha value is -1.95. The Bertz CT molecular complexity index is 394. The van der Waals surface area contributed by atoms with Crippen molar-refractivity contribution in [3.63, 3.8) is 0 Å². The fraction of sp³-hybridized carbons (Fsp3) is 0.364.